The van der Waals surface area contributed by atoms with Crippen LogP contribution in [0.1, 0.15) is 19.3 Å². The molecule has 9 nitrogen and oxygen atoms in total. The van der Waals surface area contributed by atoms with E-state index in [1.807, 2.05) is 18.2 Å². The van der Waals surface area contributed by atoms with E-state index in [-0.39, 0.29) is 6.61 Å². The monoisotopic (exact) mass is 385 g/mol. The van der Waals surface area contributed by atoms with Crippen LogP contribution in [0, 0.1) is 0 Å². The minimum Gasteiger partial charge on any atom is -0.539 e. The van der Waals surface area contributed by atoms with Gasteiger partial charge in [-0.05, 0) is 31.4 Å². The molecule has 0 aliphatic carbocycles. The lowest BCUT2D eigenvalue weighted by Gasteiger charge is -2.25. The molecule has 1 aliphatic rings. The zero-order valence-corrected chi connectivity index (χ0v) is 15.6. The lowest BCUT2D eigenvalue weighted by atomic mass is 10.1. The highest BCUT2D eigenvalue weighted by Gasteiger charge is 2.19. The Kier molecular flexibility index (Phi) is 9.99. The van der Waals surface area contributed by atoms with Gasteiger partial charge < -0.3 is 39.2 Å². The van der Waals surface area contributed by atoms with Crippen molar-refractivity contribution in [1.29, 1.82) is 0 Å². The molecule has 1 aromatic carbocycles. The Hall–Kier alpha value is -2.52. The number of carbonyl (C=O) groups excluding carboxylic acids is 1. The number of aliphatic hydroxyl groups excluding tert-OH is 1. The fourth-order valence-corrected chi connectivity index (χ4v) is 2.81. The van der Waals surface area contributed by atoms with Gasteiger partial charge in [-0.3, -0.25) is 0 Å². The third kappa shape index (κ3) is 8.14. The maximum Gasteiger partial charge on any atom is 0.351 e. The van der Waals surface area contributed by atoms with Crippen molar-refractivity contribution in [2.24, 2.45) is 0 Å². The van der Waals surface area contributed by atoms with Gasteiger partial charge >= 0.3 is 5.97 Å². The molecule has 2 rings (SSSR count). The van der Waals surface area contributed by atoms with Crippen molar-refractivity contribution in [1.82, 2.24) is 0 Å². The standard InChI is InChI=1S/C16H25NO4.C2H2O4/c1-19-14-7-6-8-15(16(14)20-2)21-12-13(18)11-17-9-4-3-5-10-17;3-1(4)2(5)6/h6-8,13,18H,3-5,9-12H2,1-2H3;(H,3,4)(H,5,6). The van der Waals surface area contributed by atoms with E-state index in [1.54, 1.807) is 14.2 Å². The predicted octanol–water partition coefficient (Wildman–Crippen LogP) is -1.67. The summed E-state index contributed by atoms with van der Waals surface area (Å²) in [6.07, 6.45) is 3.37. The number of nitrogens with one attached hydrogen (secondary N) is 1. The van der Waals surface area contributed by atoms with Gasteiger partial charge in [-0.2, -0.15) is 0 Å². The van der Waals surface area contributed by atoms with Gasteiger partial charge in [0.15, 0.2) is 17.5 Å². The number of methoxy groups -OCH3 is 2. The Morgan fingerprint density at radius 1 is 1.15 bits per heavy atom. The van der Waals surface area contributed by atoms with Crippen molar-refractivity contribution in [2.75, 3.05) is 40.5 Å². The van der Waals surface area contributed by atoms with E-state index in [0.717, 1.165) is 19.6 Å². The Labute approximate surface area is 158 Å². The van der Waals surface area contributed by atoms with Crippen LogP contribution in [0.2, 0.25) is 0 Å². The molecule has 152 valence electrons. The molecule has 9 heteroatoms. The number of carboxylic acids is 2. The van der Waals surface area contributed by atoms with E-state index in [0.29, 0.717) is 17.2 Å². The Morgan fingerprint density at radius 2 is 1.74 bits per heavy atom. The van der Waals surface area contributed by atoms with Crippen LogP contribution in [0.15, 0.2) is 18.2 Å². The van der Waals surface area contributed by atoms with E-state index < -0.39 is 18.0 Å². The van der Waals surface area contributed by atoms with Crippen molar-refractivity contribution in [3.05, 3.63) is 18.2 Å². The van der Waals surface area contributed by atoms with Gasteiger partial charge in [-0.15, -0.1) is 0 Å². The lowest BCUT2D eigenvalue weighted by molar-refractivity contribution is -0.908. The maximum absolute atomic E-state index is 10.1. The molecule has 1 heterocycles. The third-order valence-corrected chi connectivity index (χ3v) is 4.06. The van der Waals surface area contributed by atoms with Gasteiger partial charge in [0.1, 0.15) is 19.3 Å². The number of ether oxygens (including phenoxy) is 3. The van der Waals surface area contributed by atoms with Crippen LogP contribution in [-0.2, 0) is 9.59 Å². The maximum atomic E-state index is 10.1. The molecule has 0 aromatic heterocycles. The first-order valence-electron chi connectivity index (χ1n) is 8.68. The van der Waals surface area contributed by atoms with Gasteiger partial charge in [0.25, 0.3) is 0 Å². The number of hydrogen-bond acceptors (Lipinski definition) is 7. The number of para-hydroxylation sites is 1. The van der Waals surface area contributed by atoms with Crippen LogP contribution in [-0.4, -0.2) is 68.7 Å². The van der Waals surface area contributed by atoms with Gasteiger partial charge in [-0.25, -0.2) is 4.79 Å². The second-order valence-corrected chi connectivity index (χ2v) is 6.06. The van der Waals surface area contributed by atoms with E-state index in [4.69, 9.17) is 34.0 Å². The molecule has 1 saturated heterocycles. The largest absolute Gasteiger partial charge is 0.539 e. The molecule has 0 radical (unpaired) electrons. The number of benzene rings is 1. The summed E-state index contributed by atoms with van der Waals surface area (Å²) in [6.45, 7) is 3.32. The normalized spacial score (nSPS) is 15.1. The first-order chi connectivity index (χ1) is 12.9. The van der Waals surface area contributed by atoms with E-state index in [2.05, 4.69) is 0 Å². The molecule has 0 spiro atoms. The molecule has 0 saturated carbocycles. The van der Waals surface area contributed by atoms with Crippen molar-refractivity contribution in [3.8, 4) is 17.2 Å². The highest BCUT2D eigenvalue weighted by atomic mass is 16.5. The fourth-order valence-electron chi connectivity index (χ4n) is 2.81. The van der Waals surface area contributed by atoms with Gasteiger partial charge in [0.2, 0.25) is 5.75 Å². The topological polar surface area (TPSA) is 130 Å². The summed E-state index contributed by atoms with van der Waals surface area (Å²) < 4.78 is 16.3. The van der Waals surface area contributed by atoms with Crippen molar-refractivity contribution in [3.63, 3.8) is 0 Å². The first-order valence-corrected chi connectivity index (χ1v) is 8.68. The molecule has 1 fully saturated rings. The summed E-state index contributed by atoms with van der Waals surface area (Å²) in [6, 6.07) is 5.49. The second kappa shape index (κ2) is 12.0. The number of piperidine rings is 1. The van der Waals surface area contributed by atoms with Crippen LogP contribution in [0.5, 0.6) is 17.2 Å². The Bertz CT molecular complexity index is 589. The summed E-state index contributed by atoms with van der Waals surface area (Å²) in [5.74, 6) is -2.21. The molecule has 1 atom stereocenters. The number of hydrogen-bond donors (Lipinski definition) is 3. The average molecular weight is 385 g/mol. The van der Waals surface area contributed by atoms with Crippen LogP contribution >= 0.6 is 0 Å². The lowest BCUT2D eigenvalue weighted by Crippen LogP contribution is -3.14. The third-order valence-electron chi connectivity index (χ3n) is 4.06. The Balaban J connectivity index is 0.000000527. The van der Waals surface area contributed by atoms with E-state index in [9.17, 15) is 5.11 Å². The average Bonchev–Trinajstić information content (AvgIpc) is 2.67. The number of quaternary nitrogens is 1. The number of aliphatic hydroxyl groups is 1. The van der Waals surface area contributed by atoms with Crippen molar-refractivity contribution >= 4 is 11.9 Å². The van der Waals surface area contributed by atoms with Crippen LogP contribution in [0.4, 0.5) is 0 Å². The molecule has 1 aliphatic heterocycles. The summed E-state index contributed by atoms with van der Waals surface area (Å²) >= 11 is 0. The first kappa shape index (κ1) is 22.5. The van der Waals surface area contributed by atoms with Crippen LogP contribution in [0.3, 0.4) is 0 Å². The Morgan fingerprint density at radius 3 is 2.26 bits per heavy atom. The molecule has 3 N–H and O–H groups in total. The predicted molar refractivity (Wildman–Crippen MR) is 93.1 cm³/mol. The fraction of sp³-hybridized carbons (Fsp3) is 0.556. The molecule has 0 bridgehead atoms. The number of carbonyl (C=O) groups is 2. The minimum absolute atomic E-state index is 0.271. The van der Waals surface area contributed by atoms with Gasteiger partial charge in [0.05, 0.1) is 27.3 Å². The van der Waals surface area contributed by atoms with E-state index in [1.165, 1.54) is 24.2 Å². The zero-order chi connectivity index (χ0) is 20.2. The highest BCUT2D eigenvalue weighted by molar-refractivity contribution is 6.26. The van der Waals surface area contributed by atoms with Gasteiger partial charge in [-0.1, -0.05) is 6.07 Å². The van der Waals surface area contributed by atoms with Crippen molar-refractivity contribution < 1.29 is 44.0 Å². The summed E-state index contributed by atoms with van der Waals surface area (Å²) in [5, 5.41) is 26.5. The highest BCUT2D eigenvalue weighted by Crippen LogP contribution is 2.36. The van der Waals surface area contributed by atoms with Crippen LogP contribution < -0.4 is 24.2 Å². The number of rotatable bonds is 7. The molecule has 27 heavy (non-hydrogen) atoms. The van der Waals surface area contributed by atoms with Gasteiger partial charge in [0, 0.05) is 0 Å². The molecular weight excluding hydrogens is 358 g/mol. The van der Waals surface area contributed by atoms with Crippen molar-refractivity contribution in [2.45, 2.75) is 25.4 Å². The summed E-state index contributed by atoms with van der Waals surface area (Å²) in [7, 11) is 3.18. The number of carboxylic acid groups (broad SMARTS) is 2. The number of likely N-dealkylation sites (tertiary alicyclic amines) is 1. The number of aliphatic carboxylic acids is 2. The molecule has 1 unspecified atom stereocenters. The minimum atomic E-state index is -2.07. The SMILES string of the molecule is COc1cccc(OCC(O)C[NH+]2CCCCC2)c1OC.O=C([O-])C(=O)O. The molecule has 1 aromatic rings. The van der Waals surface area contributed by atoms with Crippen LogP contribution in [0.25, 0.3) is 0 Å². The quantitative estimate of drug-likeness (QED) is 0.475. The van der Waals surface area contributed by atoms with E-state index >= 15 is 0 Å². The summed E-state index contributed by atoms with van der Waals surface area (Å²) in [4.78, 5) is 19.5. The zero-order valence-electron chi connectivity index (χ0n) is 15.6. The molecule has 0 amide bonds. The molecular formula is C18H27NO8. The smallest absolute Gasteiger partial charge is 0.351 e. The second-order valence-electron chi connectivity index (χ2n) is 6.06. The summed E-state index contributed by atoms with van der Waals surface area (Å²) in [5.41, 5.74) is 0.